The van der Waals surface area contributed by atoms with Crippen LogP contribution in [0.15, 0.2) is 16.6 Å². The fourth-order valence-electron chi connectivity index (χ4n) is 0.863. The highest BCUT2D eigenvalue weighted by Gasteiger charge is 2.22. The Morgan fingerprint density at radius 3 is 2.57 bits per heavy atom. The minimum atomic E-state index is -1.09. The van der Waals surface area contributed by atoms with Crippen LogP contribution >= 0.6 is 27.5 Å². The zero-order valence-corrected chi connectivity index (χ0v) is 8.80. The SMILES string of the molecule is O=C(Cl)c1c(F)ccc([N+](=O)[O-])c1Br. The number of carbonyl (C=O) groups is 1. The number of nitro benzene ring substituents is 1. The summed E-state index contributed by atoms with van der Waals surface area (Å²) in [7, 11) is 0. The Bertz CT molecular complexity index is 424. The van der Waals surface area contributed by atoms with Gasteiger partial charge in [0.1, 0.15) is 10.3 Å². The second kappa shape index (κ2) is 4.02. The van der Waals surface area contributed by atoms with Gasteiger partial charge < -0.3 is 0 Å². The first-order chi connectivity index (χ1) is 6.45. The molecule has 4 nitrogen and oxygen atoms in total. The van der Waals surface area contributed by atoms with Crippen molar-refractivity contribution in [2.24, 2.45) is 0 Å². The number of benzene rings is 1. The van der Waals surface area contributed by atoms with Gasteiger partial charge in [0, 0.05) is 6.07 Å². The molecular weight excluding hydrogens is 280 g/mol. The molecule has 0 aliphatic carbocycles. The van der Waals surface area contributed by atoms with Crippen LogP contribution in [0, 0.1) is 15.9 Å². The van der Waals surface area contributed by atoms with E-state index in [2.05, 4.69) is 15.9 Å². The molecule has 0 spiro atoms. The molecule has 0 aliphatic heterocycles. The van der Waals surface area contributed by atoms with Gasteiger partial charge in [0.2, 0.25) is 0 Å². The summed E-state index contributed by atoms with van der Waals surface area (Å²) in [5.41, 5.74) is -0.934. The van der Waals surface area contributed by atoms with Crippen LogP contribution in [0.2, 0.25) is 0 Å². The second-order valence-electron chi connectivity index (χ2n) is 2.29. The number of rotatable bonds is 2. The molecule has 14 heavy (non-hydrogen) atoms. The van der Waals surface area contributed by atoms with Crippen molar-refractivity contribution in [2.75, 3.05) is 0 Å². The van der Waals surface area contributed by atoms with Crippen LogP contribution in [0.3, 0.4) is 0 Å². The molecule has 7 heteroatoms. The lowest BCUT2D eigenvalue weighted by Gasteiger charge is -2.00. The Morgan fingerprint density at radius 1 is 1.57 bits per heavy atom. The predicted octanol–water partition coefficient (Wildman–Crippen LogP) is 2.88. The summed E-state index contributed by atoms with van der Waals surface area (Å²) < 4.78 is 12.7. The summed E-state index contributed by atoms with van der Waals surface area (Å²) >= 11 is 7.81. The van der Waals surface area contributed by atoms with Crippen LogP contribution in [-0.2, 0) is 0 Å². The summed E-state index contributed by atoms with van der Waals surface area (Å²) in [5, 5.41) is 9.32. The van der Waals surface area contributed by atoms with Gasteiger partial charge in [-0.25, -0.2) is 4.39 Å². The van der Waals surface area contributed by atoms with E-state index in [-0.39, 0.29) is 4.47 Å². The molecule has 0 N–H and O–H groups in total. The molecule has 0 atom stereocenters. The smallest absolute Gasteiger partial charge is 0.275 e. The average molecular weight is 282 g/mol. The first-order valence-electron chi connectivity index (χ1n) is 3.27. The van der Waals surface area contributed by atoms with Crippen LogP contribution < -0.4 is 0 Å². The first kappa shape index (κ1) is 11.1. The van der Waals surface area contributed by atoms with E-state index in [0.29, 0.717) is 0 Å². The number of nitro groups is 1. The number of carbonyl (C=O) groups excluding carboxylic acids is 1. The molecule has 0 saturated heterocycles. The summed E-state index contributed by atoms with van der Waals surface area (Å²) in [6.45, 7) is 0. The van der Waals surface area contributed by atoms with Crippen molar-refractivity contribution in [3.05, 3.63) is 38.1 Å². The molecule has 0 radical (unpaired) electrons. The van der Waals surface area contributed by atoms with Gasteiger partial charge in [-0.05, 0) is 33.6 Å². The predicted molar refractivity (Wildman–Crippen MR) is 50.9 cm³/mol. The zero-order valence-electron chi connectivity index (χ0n) is 6.46. The van der Waals surface area contributed by atoms with Crippen molar-refractivity contribution in [1.82, 2.24) is 0 Å². The molecule has 1 aromatic carbocycles. The van der Waals surface area contributed by atoms with Gasteiger partial charge in [0.25, 0.3) is 10.9 Å². The fourth-order valence-corrected chi connectivity index (χ4v) is 1.81. The highest BCUT2D eigenvalue weighted by Crippen LogP contribution is 2.31. The van der Waals surface area contributed by atoms with Gasteiger partial charge in [0.15, 0.2) is 0 Å². The number of halogens is 3. The number of hydrogen-bond donors (Lipinski definition) is 0. The zero-order chi connectivity index (χ0) is 10.9. The van der Waals surface area contributed by atoms with Crippen molar-refractivity contribution in [1.29, 1.82) is 0 Å². The van der Waals surface area contributed by atoms with E-state index in [4.69, 9.17) is 11.6 Å². The third kappa shape index (κ3) is 1.91. The molecule has 74 valence electrons. The van der Waals surface area contributed by atoms with Crippen molar-refractivity contribution < 1.29 is 14.1 Å². The number of nitrogens with zero attached hydrogens (tertiary/aromatic N) is 1. The summed E-state index contributed by atoms with van der Waals surface area (Å²) in [6.07, 6.45) is 0. The molecule has 0 heterocycles. The molecule has 1 aromatic rings. The minimum absolute atomic E-state index is 0.248. The van der Waals surface area contributed by atoms with Crippen molar-refractivity contribution in [2.45, 2.75) is 0 Å². The van der Waals surface area contributed by atoms with Crippen LogP contribution in [0.1, 0.15) is 10.4 Å². The van der Waals surface area contributed by atoms with Gasteiger partial charge in [-0.15, -0.1) is 0 Å². The lowest BCUT2D eigenvalue weighted by Crippen LogP contribution is -2.00. The Morgan fingerprint density at radius 2 is 2.14 bits per heavy atom. The number of hydrogen-bond acceptors (Lipinski definition) is 3. The van der Waals surface area contributed by atoms with Gasteiger partial charge >= 0.3 is 0 Å². The lowest BCUT2D eigenvalue weighted by atomic mass is 10.2. The van der Waals surface area contributed by atoms with E-state index in [1.807, 2.05) is 0 Å². The quantitative estimate of drug-likeness (QED) is 0.476. The minimum Gasteiger partial charge on any atom is -0.275 e. The highest BCUT2D eigenvalue weighted by atomic mass is 79.9. The summed E-state index contributed by atoms with van der Waals surface area (Å²) in [5.74, 6) is -0.900. The molecule has 0 fully saturated rings. The normalized spacial score (nSPS) is 9.93. The van der Waals surface area contributed by atoms with Crippen molar-refractivity contribution in [3.63, 3.8) is 0 Å². The molecule has 0 bridgehead atoms. The molecule has 0 aromatic heterocycles. The van der Waals surface area contributed by atoms with E-state index in [1.54, 1.807) is 0 Å². The summed E-state index contributed by atoms with van der Waals surface area (Å²) in [4.78, 5) is 20.4. The molecule has 0 aliphatic rings. The standard InChI is InChI=1S/C7H2BrClFNO3/c8-6-4(11(13)14)2-1-3(10)5(6)7(9)12/h1-2H. The highest BCUT2D eigenvalue weighted by molar-refractivity contribution is 9.10. The Hall–Kier alpha value is -1.01. The van der Waals surface area contributed by atoms with Gasteiger partial charge in [-0.2, -0.15) is 0 Å². The van der Waals surface area contributed by atoms with Crippen LogP contribution in [0.25, 0.3) is 0 Å². The third-order valence-corrected chi connectivity index (χ3v) is 2.46. The monoisotopic (exact) mass is 281 g/mol. The van der Waals surface area contributed by atoms with E-state index < -0.39 is 27.2 Å². The fraction of sp³-hybridized carbons (Fsp3) is 0. The molecule has 0 saturated carbocycles. The largest absolute Gasteiger partial charge is 0.284 e. The van der Waals surface area contributed by atoms with E-state index >= 15 is 0 Å². The van der Waals surface area contributed by atoms with Crippen molar-refractivity contribution in [3.8, 4) is 0 Å². The van der Waals surface area contributed by atoms with Gasteiger partial charge in [-0.1, -0.05) is 0 Å². The lowest BCUT2D eigenvalue weighted by molar-refractivity contribution is -0.385. The maximum absolute atomic E-state index is 13.0. The van der Waals surface area contributed by atoms with Crippen LogP contribution in [0.4, 0.5) is 10.1 Å². The van der Waals surface area contributed by atoms with E-state index in [9.17, 15) is 19.3 Å². The van der Waals surface area contributed by atoms with E-state index in [0.717, 1.165) is 12.1 Å². The second-order valence-corrected chi connectivity index (χ2v) is 3.42. The average Bonchev–Trinajstić information content (AvgIpc) is 2.02. The molecular formula is C7H2BrClFNO3. The topological polar surface area (TPSA) is 60.2 Å². The Kier molecular flexibility index (Phi) is 3.17. The van der Waals surface area contributed by atoms with Gasteiger partial charge in [0.05, 0.1) is 10.5 Å². The molecule has 0 amide bonds. The third-order valence-electron chi connectivity index (χ3n) is 1.46. The molecule has 0 unspecified atom stereocenters. The maximum atomic E-state index is 13.0. The Balaban J connectivity index is 3.49. The van der Waals surface area contributed by atoms with Crippen molar-refractivity contribution >= 4 is 38.5 Å². The molecule has 1 rings (SSSR count). The van der Waals surface area contributed by atoms with Crippen LogP contribution in [0.5, 0.6) is 0 Å². The summed E-state index contributed by atoms with van der Waals surface area (Å²) in [6, 6.07) is 1.77. The maximum Gasteiger partial charge on any atom is 0.284 e. The first-order valence-corrected chi connectivity index (χ1v) is 4.44. The Labute approximate surface area is 90.9 Å². The van der Waals surface area contributed by atoms with E-state index in [1.165, 1.54) is 0 Å². The van der Waals surface area contributed by atoms with Gasteiger partial charge in [-0.3, -0.25) is 14.9 Å². The van der Waals surface area contributed by atoms with Crippen LogP contribution in [-0.4, -0.2) is 10.2 Å².